The number of aryl methyl sites for hydroxylation is 1. The normalized spacial score (nSPS) is 17.1. The molecule has 1 fully saturated rings. The van der Waals surface area contributed by atoms with Crippen LogP contribution in [0.1, 0.15) is 42.7 Å². The predicted octanol–water partition coefficient (Wildman–Crippen LogP) is 2.95. The summed E-state index contributed by atoms with van der Waals surface area (Å²) >= 11 is 0. The number of piperazine rings is 1. The van der Waals surface area contributed by atoms with Crippen molar-refractivity contribution in [3.8, 4) is 11.3 Å². The Bertz CT molecular complexity index is 1080. The van der Waals surface area contributed by atoms with E-state index in [0.29, 0.717) is 29.7 Å². The number of rotatable bonds is 3. The summed E-state index contributed by atoms with van der Waals surface area (Å²) in [6.45, 7) is 8.79. The molecule has 3 heterocycles. The Morgan fingerprint density at radius 1 is 1.24 bits per heavy atom. The molecule has 0 aliphatic carbocycles. The first-order chi connectivity index (χ1) is 13.9. The molecule has 2 amide bonds. The lowest BCUT2D eigenvalue weighted by Crippen LogP contribution is -2.55. The molecule has 1 unspecified atom stereocenters. The number of fused-ring (bicyclic) bond motifs is 1. The number of hydrogen-bond acceptors (Lipinski definition) is 4. The Balaban J connectivity index is 1.88. The Hall–Kier alpha value is -3.22. The largest absolute Gasteiger partial charge is 0.353 e. The summed E-state index contributed by atoms with van der Waals surface area (Å²) in [6, 6.07) is 9.48. The fourth-order valence-electron chi connectivity index (χ4n) is 3.66. The number of benzene rings is 1. The molecule has 1 saturated heterocycles. The topological polar surface area (TPSA) is 80.1 Å². The van der Waals surface area contributed by atoms with Crippen LogP contribution in [0.15, 0.2) is 36.5 Å². The molecule has 1 aromatic carbocycles. The molecule has 1 N–H and O–H groups in total. The molecule has 29 heavy (non-hydrogen) atoms. The first kappa shape index (κ1) is 19.1. The van der Waals surface area contributed by atoms with Crippen LogP contribution in [0.5, 0.6) is 0 Å². The first-order valence-electron chi connectivity index (χ1n) is 9.91. The summed E-state index contributed by atoms with van der Waals surface area (Å²) in [5, 5.41) is 7.98. The first-order valence-corrected chi connectivity index (χ1v) is 9.91. The third-order valence-electron chi connectivity index (χ3n) is 5.39. The fraction of sp³-hybridized carbons (Fsp3) is 0.364. The zero-order valence-corrected chi connectivity index (χ0v) is 17.1. The Morgan fingerprint density at radius 2 is 1.97 bits per heavy atom. The standard InChI is InChI=1S/C22H25N5O2/c1-13(2)27-20-18(12-24-27)17(22(29)26-10-9-23-21(28)15(26)4)11-19(25-20)16-7-5-14(3)6-8-16/h5-8,11-13,15H,9-10H2,1-4H3,(H,23,28). The highest BCUT2D eigenvalue weighted by Gasteiger charge is 2.31. The lowest BCUT2D eigenvalue weighted by molar-refractivity contribution is -0.127. The van der Waals surface area contributed by atoms with Crippen molar-refractivity contribution in [1.29, 1.82) is 0 Å². The summed E-state index contributed by atoms with van der Waals surface area (Å²) in [6.07, 6.45) is 1.70. The van der Waals surface area contributed by atoms with Gasteiger partial charge in [0.2, 0.25) is 5.91 Å². The van der Waals surface area contributed by atoms with Crippen molar-refractivity contribution in [3.05, 3.63) is 47.7 Å². The van der Waals surface area contributed by atoms with Crippen LogP contribution in [0, 0.1) is 6.92 Å². The number of hydrogen-bond donors (Lipinski definition) is 1. The summed E-state index contributed by atoms with van der Waals surface area (Å²) in [4.78, 5) is 32.0. The molecule has 1 aliphatic heterocycles. The van der Waals surface area contributed by atoms with Gasteiger partial charge in [0.25, 0.3) is 5.91 Å². The van der Waals surface area contributed by atoms with E-state index in [9.17, 15) is 9.59 Å². The second-order valence-electron chi connectivity index (χ2n) is 7.81. The van der Waals surface area contributed by atoms with Crippen LogP contribution >= 0.6 is 0 Å². The summed E-state index contributed by atoms with van der Waals surface area (Å²) in [5.41, 5.74) is 4.02. The Kier molecular flexibility index (Phi) is 4.82. The Morgan fingerprint density at radius 3 is 2.66 bits per heavy atom. The summed E-state index contributed by atoms with van der Waals surface area (Å²) < 4.78 is 1.83. The minimum absolute atomic E-state index is 0.107. The quantitative estimate of drug-likeness (QED) is 0.744. The van der Waals surface area contributed by atoms with E-state index in [4.69, 9.17) is 4.98 Å². The van der Waals surface area contributed by atoms with Crippen LogP contribution in [0.2, 0.25) is 0 Å². The number of carbonyl (C=O) groups excluding carboxylic acids is 2. The maximum atomic E-state index is 13.5. The van der Waals surface area contributed by atoms with Gasteiger partial charge in [-0.05, 0) is 33.8 Å². The van der Waals surface area contributed by atoms with Gasteiger partial charge in [-0.3, -0.25) is 9.59 Å². The summed E-state index contributed by atoms with van der Waals surface area (Å²) in [7, 11) is 0. The lowest BCUT2D eigenvalue weighted by Gasteiger charge is -2.33. The van der Waals surface area contributed by atoms with Crippen LogP contribution in [-0.2, 0) is 4.79 Å². The van der Waals surface area contributed by atoms with Crippen molar-refractivity contribution in [2.75, 3.05) is 13.1 Å². The van der Waals surface area contributed by atoms with Crippen molar-refractivity contribution >= 4 is 22.8 Å². The number of nitrogens with zero attached hydrogens (tertiary/aromatic N) is 4. The molecule has 7 heteroatoms. The number of amides is 2. The number of nitrogens with one attached hydrogen (secondary N) is 1. The lowest BCUT2D eigenvalue weighted by atomic mass is 10.0. The van der Waals surface area contributed by atoms with Crippen molar-refractivity contribution in [2.45, 2.75) is 39.8 Å². The van der Waals surface area contributed by atoms with Gasteiger partial charge in [-0.2, -0.15) is 5.10 Å². The average molecular weight is 391 g/mol. The minimum Gasteiger partial charge on any atom is -0.353 e. The van der Waals surface area contributed by atoms with Crippen LogP contribution in [0.3, 0.4) is 0 Å². The second kappa shape index (κ2) is 7.31. The molecule has 1 aliphatic rings. The van der Waals surface area contributed by atoms with Gasteiger partial charge in [0.05, 0.1) is 22.8 Å². The average Bonchev–Trinajstić information content (AvgIpc) is 3.14. The Labute approximate surface area is 169 Å². The van der Waals surface area contributed by atoms with Gasteiger partial charge in [-0.25, -0.2) is 9.67 Å². The maximum absolute atomic E-state index is 13.5. The number of carbonyl (C=O) groups is 2. The second-order valence-corrected chi connectivity index (χ2v) is 7.81. The van der Waals surface area contributed by atoms with Crippen molar-refractivity contribution in [3.63, 3.8) is 0 Å². The molecule has 0 saturated carbocycles. The fourth-order valence-corrected chi connectivity index (χ4v) is 3.66. The molecule has 0 radical (unpaired) electrons. The molecule has 150 valence electrons. The molecule has 3 aromatic rings. The van der Waals surface area contributed by atoms with Gasteiger partial charge in [-0.1, -0.05) is 29.8 Å². The third kappa shape index (κ3) is 3.37. The molecule has 2 aromatic heterocycles. The van der Waals surface area contributed by atoms with Crippen LogP contribution < -0.4 is 5.32 Å². The smallest absolute Gasteiger partial charge is 0.255 e. The van der Waals surface area contributed by atoms with Crippen LogP contribution in [0.25, 0.3) is 22.3 Å². The molecule has 0 bridgehead atoms. The highest BCUT2D eigenvalue weighted by molar-refractivity contribution is 6.08. The van der Waals surface area contributed by atoms with E-state index in [1.54, 1.807) is 18.0 Å². The van der Waals surface area contributed by atoms with Crippen molar-refractivity contribution in [1.82, 2.24) is 25.0 Å². The van der Waals surface area contributed by atoms with Crippen molar-refractivity contribution in [2.24, 2.45) is 0 Å². The van der Waals surface area contributed by atoms with Crippen LogP contribution in [0.4, 0.5) is 0 Å². The van der Waals surface area contributed by atoms with Gasteiger partial charge in [0.1, 0.15) is 6.04 Å². The van der Waals surface area contributed by atoms with Crippen molar-refractivity contribution < 1.29 is 9.59 Å². The highest BCUT2D eigenvalue weighted by Crippen LogP contribution is 2.28. The van der Waals surface area contributed by atoms with E-state index in [1.807, 2.05) is 55.8 Å². The summed E-state index contributed by atoms with van der Waals surface area (Å²) in [5.74, 6) is -0.303. The highest BCUT2D eigenvalue weighted by atomic mass is 16.2. The maximum Gasteiger partial charge on any atom is 0.255 e. The van der Waals surface area contributed by atoms with E-state index in [0.717, 1.165) is 16.8 Å². The van der Waals surface area contributed by atoms with Gasteiger partial charge in [-0.15, -0.1) is 0 Å². The van der Waals surface area contributed by atoms with E-state index in [-0.39, 0.29) is 17.9 Å². The molecular weight excluding hydrogens is 366 g/mol. The number of pyridine rings is 1. The molecule has 1 atom stereocenters. The zero-order valence-electron chi connectivity index (χ0n) is 17.1. The van der Waals surface area contributed by atoms with E-state index in [2.05, 4.69) is 10.4 Å². The van der Waals surface area contributed by atoms with Gasteiger partial charge in [0, 0.05) is 24.7 Å². The van der Waals surface area contributed by atoms with Gasteiger partial charge >= 0.3 is 0 Å². The van der Waals surface area contributed by atoms with Gasteiger partial charge < -0.3 is 10.2 Å². The SMILES string of the molecule is Cc1ccc(-c2cc(C(=O)N3CCNC(=O)C3C)c3cnn(C(C)C)c3n2)cc1. The van der Waals surface area contributed by atoms with Gasteiger partial charge in [0.15, 0.2) is 5.65 Å². The number of aromatic nitrogens is 3. The minimum atomic E-state index is -0.512. The third-order valence-corrected chi connectivity index (χ3v) is 5.39. The van der Waals surface area contributed by atoms with E-state index < -0.39 is 6.04 Å². The van der Waals surface area contributed by atoms with E-state index in [1.165, 1.54) is 0 Å². The zero-order chi connectivity index (χ0) is 20.7. The molecular formula is C22H25N5O2. The van der Waals surface area contributed by atoms with E-state index >= 15 is 0 Å². The molecule has 0 spiro atoms. The monoisotopic (exact) mass is 391 g/mol. The predicted molar refractivity (Wildman–Crippen MR) is 112 cm³/mol. The van der Waals surface area contributed by atoms with Crippen LogP contribution in [-0.4, -0.2) is 50.6 Å². The molecule has 4 rings (SSSR count). The molecule has 7 nitrogen and oxygen atoms in total.